The van der Waals surface area contributed by atoms with Crippen LogP contribution in [0.5, 0.6) is 0 Å². The standard InChI is InChI=1S/C72H126O38/c1-11-21-38(100-66-55(90)49(84)44(79)32(5)95-66)25-19-16-20-26-42(77)104-64-63(110-71-61(52(87)47(82)41(29-74)103-71)107-68-57(92)54(89)58(35(8)98-68)105-65(93)30(3)31(4)75)59(106-67-56(91)50(85)45(80)33(6)96-67)36(9)99-72(64)109-62-53(88)48(83)40(28-73)102-70(62)108-60-51(86)46(81)34(7)97-69(60)101-39(22-12-2)24-18-15-13-14-17-23-37(76)27-43(78)94-10/h30-41,44-64,66-76,79-92H,11-29H2,1-10H3/t30-,31-,32-,33-,34-,35-,36+,37+,38+,39+,40-,41-,44-,45-,46+,47-,48-,49+,50+,51+,52+,53+,54-,55-,56-,57-,58-,59+,60-,61-,62-,63-,64-,66+,67+,68+,69+,70+,71+,72+/m1/s1. The number of aliphatic hydroxyl groups is 18. The summed E-state index contributed by atoms with van der Waals surface area (Å²) in [6.07, 6.45) is -58.6. The van der Waals surface area contributed by atoms with Crippen LogP contribution in [0.1, 0.15) is 171 Å². The molecule has 7 rings (SSSR count). The maximum absolute atomic E-state index is 14.9. The van der Waals surface area contributed by atoms with E-state index in [-0.39, 0.29) is 12.8 Å². The summed E-state index contributed by atoms with van der Waals surface area (Å²) in [5.74, 6) is -3.64. The van der Waals surface area contributed by atoms with Crippen LogP contribution in [-0.4, -0.2) is 370 Å². The first-order chi connectivity index (χ1) is 52.1. The zero-order valence-electron chi connectivity index (χ0n) is 64.2. The fraction of sp³-hybridized carbons (Fsp3) is 0.958. The van der Waals surface area contributed by atoms with Gasteiger partial charge in [0.05, 0.1) is 87.6 Å². The van der Waals surface area contributed by atoms with Crippen molar-refractivity contribution >= 4 is 17.9 Å². The fourth-order valence-corrected chi connectivity index (χ4v) is 14.4. The van der Waals surface area contributed by atoms with Gasteiger partial charge in [-0.3, -0.25) is 14.4 Å². The molecule has 0 spiro atoms. The molecule has 0 aromatic heterocycles. The zero-order chi connectivity index (χ0) is 81.3. The second kappa shape index (κ2) is 44.6. The molecule has 0 unspecified atom stereocenters. The van der Waals surface area contributed by atoms with Crippen molar-refractivity contribution in [3.05, 3.63) is 0 Å². The summed E-state index contributed by atoms with van der Waals surface area (Å²) in [4.78, 5) is 39.5. The normalized spacial score (nSPS) is 42.7. The topological polar surface area (TPSA) is 572 Å². The molecule has 0 saturated carbocycles. The highest BCUT2D eigenvalue weighted by atomic mass is 16.8. The smallest absolute Gasteiger partial charge is 0.311 e. The fourth-order valence-electron chi connectivity index (χ4n) is 14.4. The highest BCUT2D eigenvalue weighted by Crippen LogP contribution is 2.41. The van der Waals surface area contributed by atoms with Gasteiger partial charge in [-0.1, -0.05) is 71.6 Å². The number of carbonyl (C=O) groups is 3. The van der Waals surface area contributed by atoms with Gasteiger partial charge in [-0.25, -0.2) is 0 Å². The van der Waals surface area contributed by atoms with Crippen molar-refractivity contribution in [1.29, 1.82) is 0 Å². The Morgan fingerprint density at radius 2 is 0.727 bits per heavy atom. The Morgan fingerprint density at radius 3 is 1.24 bits per heavy atom. The van der Waals surface area contributed by atoms with E-state index in [1.165, 1.54) is 55.6 Å². The lowest BCUT2D eigenvalue weighted by atomic mass is 9.95. The van der Waals surface area contributed by atoms with Crippen molar-refractivity contribution in [2.75, 3.05) is 20.3 Å². The minimum Gasteiger partial charge on any atom is -0.469 e. The monoisotopic (exact) mass is 1600 g/mol. The van der Waals surface area contributed by atoms with Crippen molar-refractivity contribution in [2.24, 2.45) is 5.92 Å². The first-order valence-electron chi connectivity index (χ1n) is 38.9. The number of methoxy groups -OCH3 is 1. The summed E-state index contributed by atoms with van der Waals surface area (Å²) in [6.45, 7) is 11.5. The molecule has 18 N–H and O–H groups in total. The van der Waals surface area contributed by atoms with E-state index in [2.05, 4.69) is 4.74 Å². The maximum Gasteiger partial charge on any atom is 0.311 e. The van der Waals surface area contributed by atoms with Crippen LogP contribution in [0.15, 0.2) is 0 Å². The molecule has 7 heterocycles. The quantitative estimate of drug-likeness (QED) is 0.0158. The lowest BCUT2D eigenvalue weighted by Crippen LogP contribution is -2.69. The van der Waals surface area contributed by atoms with Gasteiger partial charge in [0.15, 0.2) is 56.2 Å². The summed E-state index contributed by atoms with van der Waals surface area (Å²) in [5, 5.41) is 201. The molecule has 0 aliphatic carbocycles. The molecule has 7 aliphatic heterocycles. The lowest BCUT2D eigenvalue weighted by Gasteiger charge is -2.51. The van der Waals surface area contributed by atoms with E-state index >= 15 is 0 Å². The van der Waals surface area contributed by atoms with E-state index in [9.17, 15) is 106 Å². The second-order valence-corrected chi connectivity index (χ2v) is 30.2. The number of esters is 3. The molecule has 40 atom stereocenters. The van der Waals surface area contributed by atoms with E-state index in [4.69, 9.17) is 75.8 Å². The Hall–Kier alpha value is -2.87. The van der Waals surface area contributed by atoms with Crippen LogP contribution in [0, 0.1) is 5.92 Å². The van der Waals surface area contributed by atoms with Crippen molar-refractivity contribution in [3.63, 3.8) is 0 Å². The average Bonchev–Trinajstić information content (AvgIpc) is 0.757. The highest BCUT2D eigenvalue weighted by molar-refractivity contribution is 5.73. The van der Waals surface area contributed by atoms with Crippen LogP contribution >= 0.6 is 0 Å². The molecule has 7 saturated heterocycles. The molecule has 38 heteroatoms. The third kappa shape index (κ3) is 24.6. The van der Waals surface area contributed by atoms with Crippen LogP contribution in [0.4, 0.5) is 0 Å². The molecule has 38 nitrogen and oxygen atoms in total. The summed E-state index contributed by atoms with van der Waals surface area (Å²) >= 11 is 0. The predicted molar refractivity (Wildman–Crippen MR) is 370 cm³/mol. The van der Waals surface area contributed by atoms with Gasteiger partial charge >= 0.3 is 17.9 Å². The summed E-state index contributed by atoms with van der Waals surface area (Å²) in [6, 6.07) is 0. The lowest BCUT2D eigenvalue weighted by molar-refractivity contribution is -0.414. The van der Waals surface area contributed by atoms with Crippen molar-refractivity contribution in [3.8, 4) is 0 Å². The van der Waals surface area contributed by atoms with Crippen molar-refractivity contribution in [1.82, 2.24) is 0 Å². The Bertz CT molecular complexity index is 2680. The predicted octanol–water partition coefficient (Wildman–Crippen LogP) is -4.06. The number of aliphatic hydroxyl groups excluding tert-OH is 18. The van der Waals surface area contributed by atoms with Gasteiger partial charge in [0.25, 0.3) is 0 Å². The van der Waals surface area contributed by atoms with E-state index in [1.54, 1.807) is 0 Å². The largest absolute Gasteiger partial charge is 0.469 e. The van der Waals surface area contributed by atoms with Gasteiger partial charge in [0.2, 0.25) is 0 Å². The third-order valence-electron chi connectivity index (χ3n) is 21.6. The molecule has 7 aliphatic rings. The van der Waals surface area contributed by atoms with Crippen molar-refractivity contribution < 1.29 is 187 Å². The van der Waals surface area contributed by atoms with Gasteiger partial charge in [-0.2, -0.15) is 0 Å². The highest BCUT2D eigenvalue weighted by Gasteiger charge is 2.60. The zero-order valence-corrected chi connectivity index (χ0v) is 64.2. The van der Waals surface area contributed by atoms with Gasteiger partial charge in [0.1, 0.15) is 128 Å². The molecule has 642 valence electrons. The number of unbranched alkanes of at least 4 members (excludes halogenated alkanes) is 6. The Morgan fingerprint density at radius 1 is 0.355 bits per heavy atom. The second-order valence-electron chi connectivity index (χ2n) is 30.2. The van der Waals surface area contributed by atoms with E-state index < -0.39 is 283 Å². The first kappa shape index (κ1) is 94.3. The molecule has 0 aromatic rings. The molecule has 0 radical (unpaired) electrons. The summed E-state index contributed by atoms with van der Waals surface area (Å²) < 4.78 is 104. The number of rotatable bonds is 40. The number of carbonyl (C=O) groups excluding carboxylic acids is 3. The van der Waals surface area contributed by atoms with Gasteiger partial charge in [0, 0.05) is 6.42 Å². The number of hydrogen-bond donors (Lipinski definition) is 18. The van der Waals surface area contributed by atoms with Gasteiger partial charge < -0.3 is 172 Å². The van der Waals surface area contributed by atoms with Crippen LogP contribution in [0.25, 0.3) is 0 Å². The molecule has 110 heavy (non-hydrogen) atoms. The van der Waals surface area contributed by atoms with E-state index in [0.717, 1.165) is 19.3 Å². The minimum atomic E-state index is -2.21. The number of ether oxygens (including phenoxy) is 17. The maximum atomic E-state index is 14.9. The van der Waals surface area contributed by atoms with Crippen LogP contribution in [0.3, 0.4) is 0 Å². The Balaban J connectivity index is 1.24. The van der Waals surface area contributed by atoms with Crippen LogP contribution < -0.4 is 0 Å². The Labute approximate surface area is 639 Å². The minimum absolute atomic E-state index is 0.0754. The first-order valence-corrected chi connectivity index (χ1v) is 38.9. The van der Waals surface area contributed by atoms with E-state index in [0.29, 0.717) is 70.6 Å². The van der Waals surface area contributed by atoms with Crippen LogP contribution in [-0.2, 0) is 94.9 Å². The molecule has 7 fully saturated rings. The molecular formula is C72H126O38. The molecular weight excluding hydrogens is 1470 g/mol. The average molecular weight is 1600 g/mol. The third-order valence-corrected chi connectivity index (χ3v) is 21.6. The molecule has 0 amide bonds. The van der Waals surface area contributed by atoms with Gasteiger partial charge in [-0.15, -0.1) is 0 Å². The van der Waals surface area contributed by atoms with Crippen molar-refractivity contribution in [2.45, 2.75) is 411 Å². The molecule has 0 aromatic carbocycles. The van der Waals surface area contributed by atoms with Crippen LogP contribution in [0.2, 0.25) is 0 Å². The molecule has 0 bridgehead atoms. The van der Waals surface area contributed by atoms with E-state index in [1.807, 2.05) is 13.8 Å². The number of hydrogen-bond acceptors (Lipinski definition) is 38. The van der Waals surface area contributed by atoms with Gasteiger partial charge in [-0.05, 0) is 87.0 Å². The Kier molecular flexibility index (Phi) is 38.2. The summed E-state index contributed by atoms with van der Waals surface area (Å²) in [7, 11) is 1.25. The SMILES string of the molecule is CCC[C@@H](CCCCCC(=O)O[C@H]1[C@H](O[C@H]2[C@H](O[C@H]3[C@H](O[C@@H](CCC)CCCCCCC[C@H](O)CC(=O)OC)O[C@H](C)[C@H](O)[C@@H]3O)O[C@H](CO)[C@@H](O)[C@@H]2O)O[C@@H](C)[C@H](O[C@@H]2O[C@H](C)[C@@H](O)[C@H](O)[C@H]2O)[C@H]1O[C@@H]1O[C@H](CO)[C@@H](O)[C@H](O)[C@H]1O[C@@H]1O[C@H](C)[C@@H](OC(=O)[C@H](C)[C@@H](C)O)[C@H](O)[C@H]1O)O[C@@H]1O[C@H](C)[C@@H](O)[C@H](O)[C@H]1O. The summed E-state index contributed by atoms with van der Waals surface area (Å²) in [5.41, 5.74) is 0.